The van der Waals surface area contributed by atoms with E-state index in [-0.39, 0.29) is 23.3 Å². The molecule has 4 heterocycles. The Balaban J connectivity index is 1.32. The highest BCUT2D eigenvalue weighted by molar-refractivity contribution is 5.96. The van der Waals surface area contributed by atoms with E-state index in [0.717, 1.165) is 17.5 Å². The maximum absolute atomic E-state index is 13.4. The number of hydrogen-bond donors (Lipinski definition) is 0. The summed E-state index contributed by atoms with van der Waals surface area (Å²) in [7, 11) is 0. The van der Waals surface area contributed by atoms with Crippen molar-refractivity contribution in [2.24, 2.45) is 5.92 Å². The van der Waals surface area contributed by atoms with Gasteiger partial charge in [-0.25, -0.2) is 4.79 Å². The quantitative estimate of drug-likeness (QED) is 0.445. The van der Waals surface area contributed by atoms with Crippen LogP contribution in [0.5, 0.6) is 0 Å². The number of amides is 1. The van der Waals surface area contributed by atoms with Gasteiger partial charge in [-0.1, -0.05) is 36.4 Å². The number of hydrogen-bond acceptors (Lipinski definition) is 4. The van der Waals surface area contributed by atoms with Crippen molar-refractivity contribution in [3.63, 3.8) is 0 Å². The third kappa shape index (κ3) is 3.39. The van der Waals surface area contributed by atoms with Crippen LogP contribution in [0.25, 0.3) is 22.1 Å². The molecule has 1 saturated heterocycles. The van der Waals surface area contributed by atoms with Gasteiger partial charge in [0.1, 0.15) is 5.58 Å². The van der Waals surface area contributed by atoms with Gasteiger partial charge in [-0.15, -0.1) is 0 Å². The molecule has 2 aliphatic rings. The van der Waals surface area contributed by atoms with E-state index in [4.69, 9.17) is 4.42 Å². The summed E-state index contributed by atoms with van der Waals surface area (Å²) >= 11 is 0. The number of carbonyl (C=O) groups is 1. The van der Waals surface area contributed by atoms with Crippen LogP contribution in [0, 0.1) is 5.92 Å². The number of rotatable bonds is 2. The third-order valence-corrected chi connectivity index (χ3v) is 6.83. The Hall–Kier alpha value is -3.93. The SMILES string of the molecule is O=C(c1cccc(-c2cc3ccccc3oc2=O)c1)N1C[C@@H]2C[C@@H](C1)c1cccc(=O)n1C2. The number of piperidine rings is 1. The normalized spacial score (nSPS) is 19.3. The molecule has 0 saturated carbocycles. The van der Waals surface area contributed by atoms with E-state index in [1.54, 1.807) is 36.4 Å². The van der Waals surface area contributed by atoms with Gasteiger partial charge in [0.05, 0.1) is 5.56 Å². The molecule has 2 aromatic heterocycles. The average Bonchev–Trinajstić information content (AvgIpc) is 2.84. The van der Waals surface area contributed by atoms with Crippen molar-refractivity contribution >= 4 is 16.9 Å². The highest BCUT2D eigenvalue weighted by Crippen LogP contribution is 2.35. The second kappa shape index (κ2) is 7.59. The van der Waals surface area contributed by atoms with Gasteiger partial charge in [0.25, 0.3) is 11.5 Å². The second-order valence-electron chi connectivity index (χ2n) is 8.97. The van der Waals surface area contributed by atoms with E-state index in [9.17, 15) is 14.4 Å². The molecule has 6 nitrogen and oxygen atoms in total. The number of aromatic nitrogens is 1. The minimum absolute atomic E-state index is 0.0314. The molecule has 2 bridgehead atoms. The summed E-state index contributed by atoms with van der Waals surface area (Å²) < 4.78 is 7.34. The molecule has 0 spiro atoms. The molecular weight excluding hydrogens is 416 g/mol. The fraction of sp³-hybridized carbons (Fsp3) is 0.222. The molecule has 0 unspecified atom stereocenters. The lowest BCUT2D eigenvalue weighted by Crippen LogP contribution is -2.49. The van der Waals surface area contributed by atoms with E-state index in [0.29, 0.717) is 41.9 Å². The summed E-state index contributed by atoms with van der Waals surface area (Å²) in [5, 5.41) is 0.835. The summed E-state index contributed by atoms with van der Waals surface area (Å²) in [5.41, 5.74) is 2.81. The minimum Gasteiger partial charge on any atom is -0.422 e. The number of nitrogens with zero attached hydrogens (tertiary/aromatic N) is 2. The number of fused-ring (bicyclic) bond motifs is 5. The van der Waals surface area contributed by atoms with E-state index in [1.165, 1.54) is 0 Å². The van der Waals surface area contributed by atoms with Crippen LogP contribution in [0.15, 0.2) is 86.8 Å². The van der Waals surface area contributed by atoms with Crippen molar-refractivity contribution in [2.75, 3.05) is 13.1 Å². The van der Waals surface area contributed by atoms with Gasteiger partial charge in [-0.05, 0) is 48.2 Å². The van der Waals surface area contributed by atoms with Crippen molar-refractivity contribution in [3.05, 3.63) is 105 Å². The Bertz CT molecular complexity index is 1520. The fourth-order valence-electron chi connectivity index (χ4n) is 5.33. The third-order valence-electron chi connectivity index (χ3n) is 6.83. The highest BCUT2D eigenvalue weighted by atomic mass is 16.4. The molecule has 2 atom stereocenters. The van der Waals surface area contributed by atoms with Crippen LogP contribution >= 0.6 is 0 Å². The maximum atomic E-state index is 13.4. The zero-order valence-corrected chi connectivity index (χ0v) is 17.9. The van der Waals surface area contributed by atoms with Gasteiger partial charge < -0.3 is 13.9 Å². The van der Waals surface area contributed by atoms with Crippen molar-refractivity contribution in [2.45, 2.75) is 18.9 Å². The van der Waals surface area contributed by atoms with Crippen LogP contribution in [-0.2, 0) is 6.54 Å². The molecular formula is C27H22N2O4. The van der Waals surface area contributed by atoms with Gasteiger partial charge in [0.15, 0.2) is 0 Å². The van der Waals surface area contributed by atoms with E-state index in [1.807, 2.05) is 45.9 Å². The molecule has 2 aliphatic heterocycles. The van der Waals surface area contributed by atoms with Crippen LogP contribution in [-0.4, -0.2) is 28.5 Å². The van der Waals surface area contributed by atoms with Gasteiger partial charge in [-0.2, -0.15) is 0 Å². The molecule has 6 rings (SSSR count). The summed E-state index contributed by atoms with van der Waals surface area (Å²) in [4.78, 5) is 40.2. The molecule has 1 amide bonds. The lowest BCUT2D eigenvalue weighted by molar-refractivity contribution is 0.0594. The van der Waals surface area contributed by atoms with Crippen molar-refractivity contribution in [1.29, 1.82) is 0 Å². The predicted molar refractivity (Wildman–Crippen MR) is 125 cm³/mol. The average molecular weight is 438 g/mol. The number of carbonyl (C=O) groups excluding carboxylic acids is 1. The topological polar surface area (TPSA) is 72.5 Å². The first-order valence-electron chi connectivity index (χ1n) is 11.2. The fourth-order valence-corrected chi connectivity index (χ4v) is 5.33. The zero-order chi connectivity index (χ0) is 22.5. The number of benzene rings is 2. The molecule has 1 fully saturated rings. The highest BCUT2D eigenvalue weighted by Gasteiger charge is 2.36. The monoisotopic (exact) mass is 438 g/mol. The van der Waals surface area contributed by atoms with Crippen LogP contribution in [0.1, 0.15) is 28.4 Å². The summed E-state index contributed by atoms with van der Waals surface area (Å²) in [6, 6.07) is 21.8. The number of para-hydroxylation sites is 1. The standard InChI is InChI=1S/C27H22N2O4/c30-25-10-4-8-23-21-11-17(15-29(23)25)14-28(16-21)26(31)20-7-3-6-18(12-20)22-13-19-5-1-2-9-24(19)33-27(22)32/h1-10,12-13,17,21H,11,14-16H2/t17-,21-/m0/s1. The van der Waals surface area contributed by atoms with E-state index in [2.05, 4.69) is 0 Å². The Labute approximate surface area is 189 Å². The summed E-state index contributed by atoms with van der Waals surface area (Å²) in [6.07, 6.45) is 0.991. The first-order chi connectivity index (χ1) is 16.1. The number of pyridine rings is 1. The molecule has 0 aliphatic carbocycles. The Kier molecular flexibility index (Phi) is 4.54. The van der Waals surface area contributed by atoms with Gasteiger partial charge in [-0.3, -0.25) is 9.59 Å². The Morgan fingerprint density at radius 3 is 2.64 bits per heavy atom. The Morgan fingerprint density at radius 2 is 1.73 bits per heavy atom. The Morgan fingerprint density at radius 1 is 0.879 bits per heavy atom. The molecule has 2 aromatic carbocycles. The van der Waals surface area contributed by atoms with Crippen LogP contribution < -0.4 is 11.2 Å². The van der Waals surface area contributed by atoms with Crippen LogP contribution in [0.2, 0.25) is 0 Å². The minimum atomic E-state index is -0.423. The van der Waals surface area contributed by atoms with Crippen LogP contribution in [0.3, 0.4) is 0 Å². The van der Waals surface area contributed by atoms with Crippen molar-refractivity contribution in [3.8, 4) is 11.1 Å². The van der Waals surface area contributed by atoms with Gasteiger partial charge >= 0.3 is 5.63 Å². The molecule has 0 radical (unpaired) electrons. The zero-order valence-electron chi connectivity index (χ0n) is 17.9. The summed E-state index contributed by atoms with van der Waals surface area (Å²) in [6.45, 7) is 1.85. The second-order valence-corrected chi connectivity index (χ2v) is 8.97. The first kappa shape index (κ1) is 19.7. The molecule has 6 heteroatoms. The lowest BCUT2D eigenvalue weighted by Gasteiger charge is -2.42. The van der Waals surface area contributed by atoms with Gasteiger partial charge in [0.2, 0.25) is 0 Å². The molecule has 0 N–H and O–H groups in total. The first-order valence-corrected chi connectivity index (χ1v) is 11.2. The summed E-state index contributed by atoms with van der Waals surface area (Å²) in [5.74, 6) is 0.366. The van der Waals surface area contributed by atoms with E-state index >= 15 is 0 Å². The molecule has 164 valence electrons. The van der Waals surface area contributed by atoms with Crippen LogP contribution in [0.4, 0.5) is 0 Å². The lowest BCUT2D eigenvalue weighted by atomic mass is 9.83. The van der Waals surface area contributed by atoms with Gasteiger partial charge in [0, 0.05) is 48.3 Å². The van der Waals surface area contributed by atoms with E-state index < -0.39 is 5.63 Å². The molecule has 4 aromatic rings. The van der Waals surface area contributed by atoms with Crippen molar-refractivity contribution in [1.82, 2.24) is 9.47 Å². The van der Waals surface area contributed by atoms with Crippen molar-refractivity contribution < 1.29 is 9.21 Å². The number of likely N-dealkylation sites (tertiary alicyclic amines) is 1. The molecule has 33 heavy (non-hydrogen) atoms. The predicted octanol–water partition coefficient (Wildman–Crippen LogP) is 3.88. The largest absolute Gasteiger partial charge is 0.422 e. The maximum Gasteiger partial charge on any atom is 0.344 e. The smallest absolute Gasteiger partial charge is 0.344 e.